The summed E-state index contributed by atoms with van der Waals surface area (Å²) in [5.74, 6) is -0.135. The number of phenolic OH excluding ortho intramolecular Hbond substituents is 1. The van der Waals surface area contributed by atoms with Crippen molar-refractivity contribution in [3.8, 4) is 11.5 Å². The van der Waals surface area contributed by atoms with Crippen molar-refractivity contribution in [3.63, 3.8) is 0 Å². The van der Waals surface area contributed by atoms with Crippen LogP contribution in [0.1, 0.15) is 30.9 Å². The average molecular weight is 224 g/mol. The number of hydrogen-bond acceptors (Lipinski definition) is 3. The Morgan fingerprint density at radius 2 is 2.12 bits per heavy atom. The summed E-state index contributed by atoms with van der Waals surface area (Å²) in [6.45, 7) is 3.97. The molecule has 0 fully saturated rings. The van der Waals surface area contributed by atoms with E-state index in [1.165, 1.54) is 6.07 Å². The number of rotatable bonds is 4. The number of carbonyl (C=O) groups is 1. The number of benzene rings is 1. The molecule has 4 heteroatoms. The number of unbranched alkanes of at least 4 members (excludes halogenated alkanes) is 1. The zero-order valence-electron chi connectivity index (χ0n) is 9.49. The second kappa shape index (κ2) is 5.39. The van der Waals surface area contributed by atoms with Gasteiger partial charge in [0.1, 0.15) is 0 Å². The molecule has 88 valence electrons. The molecular formula is C12H16O4. The van der Waals surface area contributed by atoms with Gasteiger partial charge in [-0.3, -0.25) is 0 Å². The molecule has 0 bridgehead atoms. The van der Waals surface area contributed by atoms with Gasteiger partial charge in [-0.2, -0.15) is 0 Å². The zero-order valence-corrected chi connectivity index (χ0v) is 9.49. The molecule has 0 atom stereocenters. The lowest BCUT2D eigenvalue weighted by Crippen LogP contribution is -2.04. The second-order valence-electron chi connectivity index (χ2n) is 3.72. The Balaban J connectivity index is 2.96. The van der Waals surface area contributed by atoms with Crippen LogP contribution in [0.5, 0.6) is 11.5 Å². The van der Waals surface area contributed by atoms with Crippen LogP contribution < -0.4 is 4.74 Å². The summed E-state index contributed by atoms with van der Waals surface area (Å²) in [7, 11) is 0. The second-order valence-corrected chi connectivity index (χ2v) is 3.72. The van der Waals surface area contributed by atoms with Gasteiger partial charge in [0.15, 0.2) is 11.5 Å². The van der Waals surface area contributed by atoms with Gasteiger partial charge in [0.05, 0.1) is 0 Å². The summed E-state index contributed by atoms with van der Waals surface area (Å²) in [4.78, 5) is 10.4. The number of carboxylic acid groups (broad SMARTS) is 1. The Morgan fingerprint density at radius 3 is 2.69 bits per heavy atom. The third kappa shape index (κ3) is 3.15. The highest BCUT2D eigenvalue weighted by atomic mass is 16.7. The Morgan fingerprint density at radius 1 is 1.44 bits per heavy atom. The van der Waals surface area contributed by atoms with Gasteiger partial charge in [0, 0.05) is 0 Å². The summed E-state index contributed by atoms with van der Waals surface area (Å²) in [5.41, 5.74) is 1.96. The minimum Gasteiger partial charge on any atom is -0.504 e. The standard InChI is InChI=1S/C12H16O4/c1-3-4-5-9-7-11(16-12(14)15)10(13)6-8(9)2/h6-7,13H,3-5H2,1-2H3,(H,14,15). The van der Waals surface area contributed by atoms with Gasteiger partial charge in [-0.25, -0.2) is 4.79 Å². The number of hydrogen-bond donors (Lipinski definition) is 2. The molecule has 2 N–H and O–H groups in total. The molecule has 16 heavy (non-hydrogen) atoms. The molecule has 0 spiro atoms. The largest absolute Gasteiger partial charge is 0.511 e. The third-order valence-corrected chi connectivity index (χ3v) is 2.41. The fourth-order valence-electron chi connectivity index (χ4n) is 1.53. The van der Waals surface area contributed by atoms with Crippen LogP contribution in [-0.2, 0) is 6.42 Å². The minimum atomic E-state index is -1.42. The number of aryl methyl sites for hydroxylation is 2. The predicted molar refractivity (Wildman–Crippen MR) is 60.1 cm³/mol. The van der Waals surface area contributed by atoms with Crippen molar-refractivity contribution in [1.82, 2.24) is 0 Å². The van der Waals surface area contributed by atoms with Crippen LogP contribution in [0.25, 0.3) is 0 Å². The zero-order chi connectivity index (χ0) is 12.1. The highest BCUT2D eigenvalue weighted by molar-refractivity contribution is 5.63. The van der Waals surface area contributed by atoms with E-state index in [1.807, 2.05) is 6.92 Å². The van der Waals surface area contributed by atoms with Gasteiger partial charge < -0.3 is 14.9 Å². The molecule has 1 aromatic carbocycles. The molecule has 0 saturated carbocycles. The summed E-state index contributed by atoms with van der Waals surface area (Å²) in [6.07, 6.45) is 1.53. The molecule has 0 aliphatic carbocycles. The van der Waals surface area contributed by atoms with Gasteiger partial charge in [-0.1, -0.05) is 13.3 Å². The van der Waals surface area contributed by atoms with E-state index >= 15 is 0 Å². The van der Waals surface area contributed by atoms with Crippen LogP contribution in [0.15, 0.2) is 12.1 Å². The van der Waals surface area contributed by atoms with Crippen molar-refractivity contribution in [2.45, 2.75) is 33.1 Å². The van der Waals surface area contributed by atoms with Gasteiger partial charge >= 0.3 is 6.16 Å². The van der Waals surface area contributed by atoms with E-state index in [0.717, 1.165) is 30.4 Å². The highest BCUT2D eigenvalue weighted by Crippen LogP contribution is 2.30. The fourth-order valence-corrected chi connectivity index (χ4v) is 1.53. The maximum atomic E-state index is 10.4. The van der Waals surface area contributed by atoms with Crippen LogP contribution in [0, 0.1) is 6.92 Å². The molecule has 0 aliphatic heterocycles. The highest BCUT2D eigenvalue weighted by Gasteiger charge is 2.10. The van der Waals surface area contributed by atoms with Crippen molar-refractivity contribution in [1.29, 1.82) is 0 Å². The van der Waals surface area contributed by atoms with Crippen molar-refractivity contribution in [2.75, 3.05) is 0 Å². The Bertz CT molecular complexity index is 385. The van der Waals surface area contributed by atoms with Crippen molar-refractivity contribution >= 4 is 6.16 Å². The van der Waals surface area contributed by atoms with Crippen LogP contribution >= 0.6 is 0 Å². The molecule has 0 radical (unpaired) electrons. The third-order valence-electron chi connectivity index (χ3n) is 2.41. The van der Waals surface area contributed by atoms with E-state index in [2.05, 4.69) is 11.7 Å². The Hall–Kier alpha value is -1.71. The molecule has 0 heterocycles. The first-order chi connectivity index (χ1) is 7.54. The number of aromatic hydroxyl groups is 1. The first-order valence-corrected chi connectivity index (χ1v) is 5.27. The van der Waals surface area contributed by atoms with Gasteiger partial charge in [0.25, 0.3) is 0 Å². The maximum Gasteiger partial charge on any atom is 0.511 e. The molecule has 1 aromatic rings. The lowest BCUT2D eigenvalue weighted by molar-refractivity contribution is 0.143. The van der Waals surface area contributed by atoms with Crippen molar-refractivity contribution < 1.29 is 19.7 Å². The fraction of sp³-hybridized carbons (Fsp3) is 0.417. The van der Waals surface area contributed by atoms with Gasteiger partial charge in [-0.05, 0) is 43.0 Å². The average Bonchev–Trinajstić information content (AvgIpc) is 2.20. The Labute approximate surface area is 94.5 Å². The normalized spacial score (nSPS) is 10.1. The maximum absolute atomic E-state index is 10.4. The summed E-state index contributed by atoms with van der Waals surface area (Å²) in [6, 6.07) is 3.12. The van der Waals surface area contributed by atoms with Crippen molar-refractivity contribution in [3.05, 3.63) is 23.3 Å². The molecule has 0 aliphatic rings. The first kappa shape index (κ1) is 12.4. The Kier molecular flexibility index (Phi) is 4.17. The van der Waals surface area contributed by atoms with E-state index in [9.17, 15) is 9.90 Å². The quantitative estimate of drug-likeness (QED) is 0.609. The van der Waals surface area contributed by atoms with Gasteiger partial charge in [0.2, 0.25) is 0 Å². The first-order valence-electron chi connectivity index (χ1n) is 5.27. The summed E-state index contributed by atoms with van der Waals surface area (Å²) in [5, 5.41) is 18.0. The van der Waals surface area contributed by atoms with Crippen LogP contribution in [0.3, 0.4) is 0 Å². The number of phenols is 1. The van der Waals surface area contributed by atoms with E-state index in [4.69, 9.17) is 5.11 Å². The topological polar surface area (TPSA) is 66.8 Å². The van der Waals surface area contributed by atoms with Gasteiger partial charge in [-0.15, -0.1) is 0 Å². The van der Waals surface area contributed by atoms with E-state index in [1.54, 1.807) is 6.07 Å². The van der Waals surface area contributed by atoms with Crippen LogP contribution in [0.2, 0.25) is 0 Å². The summed E-state index contributed by atoms with van der Waals surface area (Å²) < 4.78 is 4.49. The minimum absolute atomic E-state index is 0.00389. The van der Waals surface area contributed by atoms with E-state index < -0.39 is 6.16 Å². The molecule has 4 nitrogen and oxygen atoms in total. The van der Waals surface area contributed by atoms with E-state index in [0.29, 0.717) is 0 Å². The molecule has 0 saturated heterocycles. The SMILES string of the molecule is CCCCc1cc(OC(=O)O)c(O)cc1C. The molecule has 0 amide bonds. The van der Waals surface area contributed by atoms with Crippen molar-refractivity contribution in [2.24, 2.45) is 0 Å². The monoisotopic (exact) mass is 224 g/mol. The predicted octanol–water partition coefficient (Wildman–Crippen LogP) is 3.10. The lowest BCUT2D eigenvalue weighted by Gasteiger charge is -2.09. The molecule has 0 aromatic heterocycles. The molecule has 1 rings (SSSR count). The number of ether oxygens (including phenoxy) is 1. The van der Waals surface area contributed by atoms with Crippen LogP contribution in [-0.4, -0.2) is 16.4 Å². The molecule has 0 unspecified atom stereocenters. The lowest BCUT2D eigenvalue weighted by atomic mass is 10.0. The van der Waals surface area contributed by atoms with Crippen LogP contribution in [0.4, 0.5) is 4.79 Å². The molecular weight excluding hydrogens is 208 g/mol. The van der Waals surface area contributed by atoms with E-state index in [-0.39, 0.29) is 11.5 Å². The summed E-state index contributed by atoms with van der Waals surface area (Å²) >= 11 is 0. The smallest absolute Gasteiger partial charge is 0.504 e.